The van der Waals surface area contributed by atoms with Crippen molar-refractivity contribution < 1.29 is 13.2 Å². The predicted molar refractivity (Wildman–Crippen MR) is 94.5 cm³/mol. The lowest BCUT2D eigenvalue weighted by Gasteiger charge is -2.23. The molecule has 5 nitrogen and oxygen atoms in total. The zero-order chi connectivity index (χ0) is 16.9. The molecule has 0 saturated carbocycles. The summed E-state index contributed by atoms with van der Waals surface area (Å²) >= 11 is 6.26. The molecule has 24 heavy (non-hydrogen) atoms. The number of amides is 2. The largest absolute Gasteiger partial charge is 0.329 e. The van der Waals surface area contributed by atoms with E-state index >= 15 is 0 Å². The van der Waals surface area contributed by atoms with Gasteiger partial charge in [0.05, 0.1) is 34.3 Å². The third-order valence-corrected chi connectivity index (χ3v) is 6.53. The minimum Gasteiger partial charge on any atom is -0.288 e. The van der Waals surface area contributed by atoms with E-state index in [9.17, 15) is 13.2 Å². The first-order valence-electron chi connectivity index (χ1n) is 7.60. The second-order valence-electron chi connectivity index (χ2n) is 6.02. The van der Waals surface area contributed by atoms with Gasteiger partial charge in [-0.15, -0.1) is 0 Å². The number of hydrogen-bond donors (Lipinski definition) is 0. The number of urea groups is 1. The minimum atomic E-state index is -3.20. The summed E-state index contributed by atoms with van der Waals surface area (Å²) in [7, 11) is -3.20. The van der Waals surface area contributed by atoms with Crippen LogP contribution < -0.4 is 9.80 Å². The Hall–Kier alpha value is -2.05. The summed E-state index contributed by atoms with van der Waals surface area (Å²) in [6.45, 7) is 0. The topological polar surface area (TPSA) is 57.7 Å². The molecule has 2 saturated heterocycles. The summed E-state index contributed by atoms with van der Waals surface area (Å²) < 4.78 is 24.4. The molecular formula is C17H15ClN2O3S. The van der Waals surface area contributed by atoms with E-state index in [0.29, 0.717) is 16.4 Å². The van der Waals surface area contributed by atoms with E-state index < -0.39 is 21.9 Å². The number of rotatable bonds is 2. The highest BCUT2D eigenvalue weighted by atomic mass is 35.5. The fourth-order valence-corrected chi connectivity index (χ4v) is 5.67. The number of fused-ring (bicyclic) bond motifs is 1. The molecule has 2 atom stereocenters. The van der Waals surface area contributed by atoms with Crippen LogP contribution in [0.1, 0.15) is 0 Å². The Kier molecular flexibility index (Phi) is 3.54. The smallest absolute Gasteiger partial charge is 0.288 e. The summed E-state index contributed by atoms with van der Waals surface area (Å²) in [5.74, 6) is -0.0722. The summed E-state index contributed by atoms with van der Waals surface area (Å²) in [5, 5.41) is 0.434. The Morgan fingerprint density at radius 3 is 2.12 bits per heavy atom. The van der Waals surface area contributed by atoms with Crippen molar-refractivity contribution in [2.75, 3.05) is 21.3 Å². The van der Waals surface area contributed by atoms with Crippen molar-refractivity contribution in [3.63, 3.8) is 0 Å². The number of sulfone groups is 1. The standard InChI is InChI=1S/C17H15ClN2O3S/c18-13-8-4-5-9-14(13)20-16-11-24(22,23)10-15(16)19(17(20)21)12-6-2-1-3-7-12/h1-9,15-16H,10-11H2. The molecule has 0 N–H and O–H groups in total. The molecular weight excluding hydrogens is 348 g/mol. The molecule has 2 fully saturated rings. The molecule has 2 unspecified atom stereocenters. The van der Waals surface area contributed by atoms with Crippen LogP contribution in [0, 0.1) is 0 Å². The number of carbonyl (C=O) groups is 1. The Labute approximate surface area is 145 Å². The molecule has 4 rings (SSSR count). The zero-order valence-corrected chi connectivity index (χ0v) is 14.2. The van der Waals surface area contributed by atoms with Crippen molar-refractivity contribution in [1.29, 1.82) is 0 Å². The Balaban J connectivity index is 1.84. The summed E-state index contributed by atoms with van der Waals surface area (Å²) in [5.41, 5.74) is 1.25. The molecule has 0 aliphatic carbocycles. The molecule has 0 radical (unpaired) electrons. The van der Waals surface area contributed by atoms with E-state index in [1.54, 1.807) is 29.2 Å². The van der Waals surface area contributed by atoms with Crippen molar-refractivity contribution in [2.45, 2.75) is 12.1 Å². The molecule has 0 aromatic heterocycles. The van der Waals surface area contributed by atoms with Crippen LogP contribution in [0.25, 0.3) is 0 Å². The number of anilines is 2. The monoisotopic (exact) mass is 362 g/mol. The lowest BCUT2D eigenvalue weighted by Crippen LogP contribution is -2.38. The predicted octanol–water partition coefficient (Wildman–Crippen LogP) is 2.95. The molecule has 2 aliphatic rings. The molecule has 7 heteroatoms. The van der Waals surface area contributed by atoms with E-state index in [1.165, 1.54) is 4.90 Å². The summed E-state index contributed by atoms with van der Waals surface area (Å²) in [6, 6.07) is 15.1. The lowest BCUT2D eigenvalue weighted by atomic mass is 10.1. The van der Waals surface area contributed by atoms with Crippen molar-refractivity contribution >= 4 is 38.8 Å². The van der Waals surface area contributed by atoms with Gasteiger partial charge in [0.25, 0.3) is 0 Å². The van der Waals surface area contributed by atoms with Gasteiger partial charge < -0.3 is 0 Å². The SMILES string of the molecule is O=C1N(c2ccccc2)C2CS(=O)(=O)CC2N1c1ccccc1Cl. The van der Waals surface area contributed by atoms with Gasteiger partial charge in [0, 0.05) is 5.69 Å². The first-order valence-corrected chi connectivity index (χ1v) is 9.80. The van der Waals surface area contributed by atoms with Crippen LogP contribution in [0.15, 0.2) is 54.6 Å². The first-order chi connectivity index (χ1) is 11.5. The average molecular weight is 363 g/mol. The third kappa shape index (κ3) is 2.37. The molecule has 2 aromatic carbocycles. The normalized spacial score (nSPS) is 25.1. The van der Waals surface area contributed by atoms with E-state index in [4.69, 9.17) is 11.6 Å². The highest BCUT2D eigenvalue weighted by Crippen LogP contribution is 2.39. The fourth-order valence-electron chi connectivity index (χ4n) is 3.52. The highest BCUT2D eigenvalue weighted by Gasteiger charge is 2.54. The number of nitrogens with zero attached hydrogens (tertiary/aromatic N) is 2. The molecule has 2 aliphatic heterocycles. The van der Waals surface area contributed by atoms with Crippen molar-refractivity contribution in [2.24, 2.45) is 0 Å². The van der Waals surface area contributed by atoms with Gasteiger partial charge in [0.15, 0.2) is 9.84 Å². The van der Waals surface area contributed by atoms with E-state index in [-0.39, 0.29) is 17.5 Å². The maximum Gasteiger partial charge on any atom is 0.329 e. The Bertz CT molecular complexity index is 901. The van der Waals surface area contributed by atoms with Gasteiger partial charge in [-0.25, -0.2) is 13.2 Å². The number of hydrogen-bond acceptors (Lipinski definition) is 3. The van der Waals surface area contributed by atoms with Crippen LogP contribution in [0.2, 0.25) is 5.02 Å². The van der Waals surface area contributed by atoms with E-state index in [2.05, 4.69) is 0 Å². The van der Waals surface area contributed by atoms with Crippen molar-refractivity contribution in [3.8, 4) is 0 Å². The van der Waals surface area contributed by atoms with Gasteiger partial charge in [-0.05, 0) is 24.3 Å². The molecule has 2 heterocycles. The number of halogens is 1. The Morgan fingerprint density at radius 1 is 0.875 bits per heavy atom. The molecule has 2 amide bonds. The van der Waals surface area contributed by atoms with Crippen molar-refractivity contribution in [1.82, 2.24) is 0 Å². The van der Waals surface area contributed by atoms with Gasteiger partial charge >= 0.3 is 6.03 Å². The fraction of sp³-hybridized carbons (Fsp3) is 0.235. The second-order valence-corrected chi connectivity index (χ2v) is 8.58. The van der Waals surface area contributed by atoms with Gasteiger partial charge in [-0.1, -0.05) is 41.9 Å². The zero-order valence-electron chi connectivity index (χ0n) is 12.7. The van der Waals surface area contributed by atoms with Crippen molar-refractivity contribution in [3.05, 3.63) is 59.6 Å². The van der Waals surface area contributed by atoms with Gasteiger partial charge in [-0.2, -0.15) is 0 Å². The molecule has 0 bridgehead atoms. The maximum absolute atomic E-state index is 13.1. The molecule has 124 valence electrons. The van der Waals surface area contributed by atoms with Crippen LogP contribution in [-0.2, 0) is 9.84 Å². The average Bonchev–Trinajstić information content (AvgIpc) is 2.98. The third-order valence-electron chi connectivity index (χ3n) is 4.52. The molecule has 0 spiro atoms. The van der Waals surface area contributed by atoms with Crippen LogP contribution in [0.3, 0.4) is 0 Å². The number of carbonyl (C=O) groups excluding carboxylic acids is 1. The number of benzene rings is 2. The Morgan fingerprint density at radius 2 is 1.46 bits per heavy atom. The minimum absolute atomic E-state index is 0.0285. The quantitative estimate of drug-likeness (QED) is 0.772. The van der Waals surface area contributed by atoms with E-state index in [0.717, 1.165) is 0 Å². The molecule has 2 aromatic rings. The lowest BCUT2D eigenvalue weighted by molar-refractivity contribution is 0.255. The van der Waals surface area contributed by atoms with Gasteiger partial charge in [-0.3, -0.25) is 9.80 Å². The van der Waals surface area contributed by atoms with Crippen LogP contribution in [0.5, 0.6) is 0 Å². The van der Waals surface area contributed by atoms with Gasteiger partial charge in [0.1, 0.15) is 0 Å². The van der Waals surface area contributed by atoms with Gasteiger partial charge in [0.2, 0.25) is 0 Å². The van der Waals surface area contributed by atoms with Crippen LogP contribution in [0.4, 0.5) is 16.2 Å². The first kappa shape index (κ1) is 15.5. The van der Waals surface area contributed by atoms with Crippen LogP contribution in [-0.4, -0.2) is 38.0 Å². The maximum atomic E-state index is 13.1. The number of para-hydroxylation sites is 2. The summed E-state index contributed by atoms with van der Waals surface area (Å²) in [6.07, 6.45) is 0. The summed E-state index contributed by atoms with van der Waals surface area (Å²) in [4.78, 5) is 16.2. The second kappa shape index (κ2) is 5.50. The highest BCUT2D eigenvalue weighted by molar-refractivity contribution is 7.91. The van der Waals surface area contributed by atoms with Crippen LogP contribution >= 0.6 is 11.6 Å². The van der Waals surface area contributed by atoms with E-state index in [1.807, 2.05) is 30.3 Å².